The maximum Gasteiger partial charge on any atom is 0.252 e. The smallest absolute Gasteiger partial charge is 0.252 e. The van der Waals surface area contributed by atoms with E-state index in [2.05, 4.69) is 29.7 Å². The molecule has 0 aliphatic carbocycles. The highest BCUT2D eigenvalue weighted by molar-refractivity contribution is 5.97. The number of benzene rings is 1. The zero-order valence-corrected chi connectivity index (χ0v) is 12.2. The molecule has 2 N–H and O–H groups in total. The molecule has 104 valence electrons. The molecule has 0 spiro atoms. The topological polar surface area (TPSA) is 41.1 Å². The molecule has 2 rings (SSSR count). The van der Waals surface area contributed by atoms with E-state index in [4.69, 9.17) is 0 Å². The number of hydrogen-bond acceptors (Lipinski definition) is 2. The lowest BCUT2D eigenvalue weighted by molar-refractivity contribution is 0.0934. The molecular formula is C16H24N2O. The molecule has 1 atom stereocenters. The first-order valence-corrected chi connectivity index (χ1v) is 7.17. The third-order valence-corrected chi connectivity index (χ3v) is 3.79. The Morgan fingerprint density at radius 1 is 1.21 bits per heavy atom. The van der Waals surface area contributed by atoms with Crippen molar-refractivity contribution in [2.24, 2.45) is 0 Å². The molecule has 0 bridgehead atoms. The summed E-state index contributed by atoms with van der Waals surface area (Å²) < 4.78 is 0. The van der Waals surface area contributed by atoms with Gasteiger partial charge in [0.2, 0.25) is 0 Å². The van der Waals surface area contributed by atoms with Gasteiger partial charge in [-0.3, -0.25) is 4.79 Å². The summed E-state index contributed by atoms with van der Waals surface area (Å²) >= 11 is 0. The average Bonchev–Trinajstić information content (AvgIpc) is 2.56. The van der Waals surface area contributed by atoms with Crippen molar-refractivity contribution in [1.82, 2.24) is 10.6 Å². The molecule has 1 amide bonds. The highest BCUT2D eigenvalue weighted by atomic mass is 16.1. The van der Waals surface area contributed by atoms with Gasteiger partial charge >= 0.3 is 0 Å². The maximum atomic E-state index is 12.4. The standard InChI is InChI=1S/C16H24N2O/c1-11-8-12(2)15(13(3)9-11)16(19)18-14-6-4-5-7-17-10-14/h8-9,14,17H,4-7,10H2,1-3H3,(H,18,19). The van der Waals surface area contributed by atoms with E-state index in [1.54, 1.807) is 0 Å². The second-order valence-electron chi connectivity index (χ2n) is 5.64. The highest BCUT2D eigenvalue weighted by Crippen LogP contribution is 2.17. The largest absolute Gasteiger partial charge is 0.348 e. The Hall–Kier alpha value is -1.35. The third kappa shape index (κ3) is 3.57. The van der Waals surface area contributed by atoms with Crippen molar-refractivity contribution < 1.29 is 4.79 Å². The Bertz CT molecular complexity index is 437. The van der Waals surface area contributed by atoms with Gasteiger partial charge in [0.1, 0.15) is 0 Å². The zero-order chi connectivity index (χ0) is 13.8. The predicted octanol–water partition coefficient (Wildman–Crippen LogP) is 2.48. The molecule has 1 aromatic carbocycles. The van der Waals surface area contributed by atoms with Crippen molar-refractivity contribution in [1.29, 1.82) is 0 Å². The van der Waals surface area contributed by atoms with Crippen LogP contribution in [0.5, 0.6) is 0 Å². The number of hydrogen-bond donors (Lipinski definition) is 2. The van der Waals surface area contributed by atoms with Crippen LogP contribution in [-0.4, -0.2) is 25.0 Å². The summed E-state index contributed by atoms with van der Waals surface area (Å²) in [5.41, 5.74) is 4.19. The van der Waals surface area contributed by atoms with Gasteiger partial charge in [-0.1, -0.05) is 24.1 Å². The van der Waals surface area contributed by atoms with Crippen molar-refractivity contribution in [3.05, 3.63) is 34.4 Å². The molecule has 1 aromatic rings. The van der Waals surface area contributed by atoms with Gasteiger partial charge in [0.15, 0.2) is 0 Å². The molecule has 3 heteroatoms. The maximum absolute atomic E-state index is 12.4. The minimum Gasteiger partial charge on any atom is -0.348 e. The third-order valence-electron chi connectivity index (χ3n) is 3.79. The Balaban J connectivity index is 2.11. The van der Waals surface area contributed by atoms with E-state index in [1.165, 1.54) is 18.4 Å². The van der Waals surface area contributed by atoms with E-state index >= 15 is 0 Å². The monoisotopic (exact) mass is 260 g/mol. The molecule has 1 unspecified atom stereocenters. The number of carbonyl (C=O) groups is 1. The normalized spacial score (nSPS) is 19.8. The molecule has 19 heavy (non-hydrogen) atoms. The fourth-order valence-corrected chi connectivity index (χ4v) is 2.94. The van der Waals surface area contributed by atoms with E-state index < -0.39 is 0 Å². The molecule has 3 nitrogen and oxygen atoms in total. The Morgan fingerprint density at radius 3 is 2.58 bits per heavy atom. The SMILES string of the molecule is Cc1cc(C)c(C(=O)NC2CCCCNC2)c(C)c1. The second kappa shape index (κ2) is 6.20. The van der Waals surface area contributed by atoms with Crippen molar-refractivity contribution in [3.63, 3.8) is 0 Å². The Kier molecular flexibility index (Phi) is 4.59. The van der Waals surface area contributed by atoms with Crippen LogP contribution in [0, 0.1) is 20.8 Å². The number of amides is 1. The van der Waals surface area contributed by atoms with E-state index in [0.717, 1.165) is 36.2 Å². The number of rotatable bonds is 2. The van der Waals surface area contributed by atoms with Crippen molar-refractivity contribution in [3.8, 4) is 0 Å². The Morgan fingerprint density at radius 2 is 1.89 bits per heavy atom. The van der Waals surface area contributed by atoms with Crippen molar-refractivity contribution >= 4 is 5.91 Å². The number of carbonyl (C=O) groups excluding carboxylic acids is 1. The Labute approximate surface area is 115 Å². The van der Waals surface area contributed by atoms with E-state index in [0.29, 0.717) is 0 Å². The molecule has 1 saturated heterocycles. The van der Waals surface area contributed by atoms with Gasteiger partial charge in [0, 0.05) is 18.2 Å². The summed E-state index contributed by atoms with van der Waals surface area (Å²) in [6.45, 7) is 8.04. The van der Waals surface area contributed by atoms with Gasteiger partial charge in [-0.15, -0.1) is 0 Å². The molecule has 0 radical (unpaired) electrons. The van der Waals surface area contributed by atoms with Gasteiger partial charge in [-0.2, -0.15) is 0 Å². The first-order valence-electron chi connectivity index (χ1n) is 7.17. The van der Waals surface area contributed by atoms with Crippen molar-refractivity contribution in [2.75, 3.05) is 13.1 Å². The van der Waals surface area contributed by atoms with Gasteiger partial charge in [0.05, 0.1) is 0 Å². The van der Waals surface area contributed by atoms with Crippen LogP contribution in [0.1, 0.15) is 46.3 Å². The zero-order valence-electron chi connectivity index (χ0n) is 12.2. The van der Waals surface area contributed by atoms with E-state index in [-0.39, 0.29) is 11.9 Å². The van der Waals surface area contributed by atoms with E-state index in [9.17, 15) is 4.79 Å². The van der Waals surface area contributed by atoms with Crippen LogP contribution in [0.3, 0.4) is 0 Å². The van der Waals surface area contributed by atoms with Crippen LogP contribution in [0.15, 0.2) is 12.1 Å². The summed E-state index contributed by atoms with van der Waals surface area (Å²) in [5, 5.41) is 6.55. The quantitative estimate of drug-likeness (QED) is 0.857. The van der Waals surface area contributed by atoms with Gasteiger partial charge in [0.25, 0.3) is 5.91 Å². The summed E-state index contributed by atoms with van der Waals surface area (Å²) in [4.78, 5) is 12.4. The molecule has 1 aliphatic rings. The van der Waals surface area contributed by atoms with Crippen LogP contribution in [0.25, 0.3) is 0 Å². The molecular weight excluding hydrogens is 236 g/mol. The minimum atomic E-state index is 0.0729. The fraction of sp³-hybridized carbons (Fsp3) is 0.562. The molecule has 0 aromatic heterocycles. The van der Waals surface area contributed by atoms with Crippen molar-refractivity contribution in [2.45, 2.75) is 46.1 Å². The number of nitrogens with one attached hydrogen (secondary N) is 2. The lowest BCUT2D eigenvalue weighted by atomic mass is 9.98. The van der Waals surface area contributed by atoms with Crippen LogP contribution in [0.4, 0.5) is 0 Å². The summed E-state index contributed by atoms with van der Waals surface area (Å²) in [5.74, 6) is 0.0729. The van der Waals surface area contributed by atoms with Crippen LogP contribution in [0.2, 0.25) is 0 Å². The summed E-state index contributed by atoms with van der Waals surface area (Å²) in [6.07, 6.45) is 3.46. The van der Waals surface area contributed by atoms with Crippen LogP contribution < -0.4 is 10.6 Å². The number of aryl methyl sites for hydroxylation is 3. The van der Waals surface area contributed by atoms with Crippen LogP contribution in [-0.2, 0) is 0 Å². The highest BCUT2D eigenvalue weighted by Gasteiger charge is 2.18. The average molecular weight is 260 g/mol. The lowest BCUT2D eigenvalue weighted by Crippen LogP contribution is -2.41. The lowest BCUT2D eigenvalue weighted by Gasteiger charge is -2.18. The molecule has 0 saturated carbocycles. The summed E-state index contributed by atoms with van der Waals surface area (Å²) in [6, 6.07) is 4.41. The van der Waals surface area contributed by atoms with Crippen LogP contribution >= 0.6 is 0 Å². The first-order chi connectivity index (χ1) is 9.08. The summed E-state index contributed by atoms with van der Waals surface area (Å²) in [7, 11) is 0. The first kappa shape index (κ1) is 14.1. The minimum absolute atomic E-state index is 0.0729. The molecule has 1 aliphatic heterocycles. The molecule has 1 heterocycles. The predicted molar refractivity (Wildman–Crippen MR) is 78.6 cm³/mol. The molecule has 1 fully saturated rings. The van der Waals surface area contributed by atoms with Gasteiger partial charge < -0.3 is 10.6 Å². The fourth-order valence-electron chi connectivity index (χ4n) is 2.94. The van der Waals surface area contributed by atoms with E-state index in [1.807, 2.05) is 13.8 Å². The second-order valence-corrected chi connectivity index (χ2v) is 5.64. The van der Waals surface area contributed by atoms with Gasteiger partial charge in [-0.25, -0.2) is 0 Å². The van der Waals surface area contributed by atoms with Gasteiger partial charge in [-0.05, 0) is 51.3 Å².